The molecule has 4 nitrogen and oxygen atoms in total. The number of halogens is 2. The molecule has 0 spiro atoms. The first-order valence-corrected chi connectivity index (χ1v) is 6.48. The van der Waals surface area contributed by atoms with E-state index in [1.54, 1.807) is 18.3 Å². The molecule has 6 heteroatoms. The van der Waals surface area contributed by atoms with E-state index < -0.39 is 6.04 Å². The van der Waals surface area contributed by atoms with Crippen LogP contribution in [0.2, 0.25) is 5.02 Å². The normalized spacial score (nSPS) is 12.6. The van der Waals surface area contributed by atoms with Crippen molar-refractivity contribution in [3.8, 4) is 0 Å². The second-order valence-electron chi connectivity index (χ2n) is 4.24. The number of aryl methyl sites for hydroxylation is 1. The average molecular weight is 283 g/mol. The smallest absolute Gasteiger partial charge is 0.129 e. The van der Waals surface area contributed by atoms with Crippen molar-refractivity contribution in [3.63, 3.8) is 0 Å². The maximum atomic E-state index is 14.0. The fraction of sp³-hybridized carbons (Fsp3) is 0.308. The van der Waals surface area contributed by atoms with Crippen molar-refractivity contribution in [1.82, 2.24) is 15.2 Å². The van der Waals surface area contributed by atoms with Crippen LogP contribution in [0.4, 0.5) is 4.39 Å². The van der Waals surface area contributed by atoms with Crippen molar-refractivity contribution in [3.05, 3.63) is 52.6 Å². The van der Waals surface area contributed by atoms with Gasteiger partial charge in [0, 0.05) is 23.3 Å². The monoisotopic (exact) mass is 282 g/mol. The molecule has 102 valence electrons. The van der Waals surface area contributed by atoms with Gasteiger partial charge in [-0.05, 0) is 24.6 Å². The number of rotatable bonds is 5. The van der Waals surface area contributed by atoms with Crippen LogP contribution >= 0.6 is 11.6 Å². The van der Waals surface area contributed by atoms with Crippen LogP contribution in [0.25, 0.3) is 0 Å². The van der Waals surface area contributed by atoms with Crippen LogP contribution in [0.5, 0.6) is 0 Å². The maximum Gasteiger partial charge on any atom is 0.129 e. The molecular weight excluding hydrogens is 267 g/mol. The molecule has 1 unspecified atom stereocenters. The summed E-state index contributed by atoms with van der Waals surface area (Å²) in [6.45, 7) is 2.81. The molecule has 2 aromatic rings. The molecule has 19 heavy (non-hydrogen) atoms. The van der Waals surface area contributed by atoms with Crippen molar-refractivity contribution in [1.29, 1.82) is 0 Å². The van der Waals surface area contributed by atoms with Crippen molar-refractivity contribution in [2.45, 2.75) is 25.9 Å². The average Bonchev–Trinajstić information content (AvgIpc) is 2.82. The fourth-order valence-electron chi connectivity index (χ4n) is 2.06. The van der Waals surface area contributed by atoms with Crippen molar-refractivity contribution < 1.29 is 4.39 Å². The molecule has 1 atom stereocenters. The molecule has 0 radical (unpaired) electrons. The molecule has 0 amide bonds. The summed E-state index contributed by atoms with van der Waals surface area (Å²) in [5.41, 5.74) is 3.91. The van der Waals surface area contributed by atoms with Crippen LogP contribution in [0.3, 0.4) is 0 Å². The van der Waals surface area contributed by atoms with Gasteiger partial charge in [0.05, 0.1) is 11.7 Å². The Kier molecular flexibility index (Phi) is 4.52. The Morgan fingerprint density at radius 3 is 2.89 bits per heavy atom. The summed E-state index contributed by atoms with van der Waals surface area (Å²) in [7, 11) is 0. The van der Waals surface area contributed by atoms with Gasteiger partial charge in [-0.2, -0.15) is 5.10 Å². The zero-order valence-electron chi connectivity index (χ0n) is 10.6. The molecule has 0 fully saturated rings. The van der Waals surface area contributed by atoms with Gasteiger partial charge in [-0.3, -0.25) is 10.5 Å². The lowest BCUT2D eigenvalue weighted by molar-refractivity contribution is 0.502. The zero-order valence-corrected chi connectivity index (χ0v) is 11.4. The molecular formula is C13H16ClFN4. The SMILES string of the molecule is CCCn1nccc1C(NN)c1ccc(Cl)cc1F. The predicted molar refractivity (Wildman–Crippen MR) is 73.1 cm³/mol. The van der Waals surface area contributed by atoms with Crippen LogP contribution in [0.15, 0.2) is 30.5 Å². The minimum atomic E-state index is -0.452. The van der Waals surface area contributed by atoms with Gasteiger partial charge in [-0.25, -0.2) is 9.82 Å². The minimum Gasteiger partial charge on any atom is -0.271 e. The summed E-state index contributed by atoms with van der Waals surface area (Å²) < 4.78 is 15.8. The summed E-state index contributed by atoms with van der Waals surface area (Å²) >= 11 is 5.76. The molecule has 0 aliphatic carbocycles. The van der Waals surface area contributed by atoms with E-state index in [9.17, 15) is 4.39 Å². The summed E-state index contributed by atoms with van der Waals surface area (Å²) in [6, 6.07) is 5.93. The molecule has 0 saturated carbocycles. The first kappa shape index (κ1) is 14.0. The lowest BCUT2D eigenvalue weighted by Gasteiger charge is -2.18. The quantitative estimate of drug-likeness (QED) is 0.655. The Hall–Kier alpha value is -1.43. The van der Waals surface area contributed by atoms with Crippen LogP contribution < -0.4 is 11.3 Å². The Morgan fingerprint density at radius 1 is 1.47 bits per heavy atom. The van der Waals surface area contributed by atoms with Gasteiger partial charge in [-0.15, -0.1) is 0 Å². The highest BCUT2D eigenvalue weighted by molar-refractivity contribution is 6.30. The number of nitrogens with zero attached hydrogens (tertiary/aromatic N) is 2. The number of hydrogen-bond donors (Lipinski definition) is 2. The molecule has 3 N–H and O–H groups in total. The number of hydrazine groups is 1. The maximum absolute atomic E-state index is 14.0. The van der Waals surface area contributed by atoms with E-state index >= 15 is 0 Å². The van der Waals surface area contributed by atoms with E-state index in [1.807, 2.05) is 10.7 Å². The third kappa shape index (κ3) is 2.94. The highest BCUT2D eigenvalue weighted by atomic mass is 35.5. The second-order valence-corrected chi connectivity index (χ2v) is 4.68. The lowest BCUT2D eigenvalue weighted by Crippen LogP contribution is -2.31. The van der Waals surface area contributed by atoms with Crippen LogP contribution in [-0.2, 0) is 6.54 Å². The van der Waals surface area contributed by atoms with Crippen LogP contribution in [-0.4, -0.2) is 9.78 Å². The second kappa shape index (κ2) is 6.14. The van der Waals surface area contributed by atoms with Gasteiger partial charge in [0.1, 0.15) is 5.82 Å². The topological polar surface area (TPSA) is 55.9 Å². The van der Waals surface area contributed by atoms with Crippen LogP contribution in [0, 0.1) is 5.82 Å². The summed E-state index contributed by atoms with van der Waals surface area (Å²) in [5.74, 6) is 5.19. The van der Waals surface area contributed by atoms with Gasteiger partial charge in [0.2, 0.25) is 0 Å². The Morgan fingerprint density at radius 2 is 2.26 bits per heavy atom. The molecule has 1 aromatic heterocycles. The minimum absolute atomic E-state index is 0.360. The number of aromatic nitrogens is 2. The molecule has 1 heterocycles. The number of benzene rings is 1. The zero-order chi connectivity index (χ0) is 13.8. The third-order valence-electron chi connectivity index (χ3n) is 2.92. The Balaban J connectivity index is 2.41. The van der Waals surface area contributed by atoms with E-state index in [4.69, 9.17) is 17.4 Å². The van der Waals surface area contributed by atoms with Crippen LogP contribution in [0.1, 0.15) is 30.6 Å². The summed E-state index contributed by atoms with van der Waals surface area (Å²) in [6.07, 6.45) is 2.62. The van der Waals surface area contributed by atoms with E-state index in [-0.39, 0.29) is 5.82 Å². The lowest BCUT2D eigenvalue weighted by atomic mass is 10.0. The van der Waals surface area contributed by atoms with Crippen molar-refractivity contribution in [2.24, 2.45) is 5.84 Å². The number of nitrogens with two attached hydrogens (primary N) is 1. The fourth-order valence-corrected chi connectivity index (χ4v) is 2.22. The first-order chi connectivity index (χ1) is 9.17. The molecule has 0 aliphatic rings. The van der Waals surface area contributed by atoms with Gasteiger partial charge in [0.15, 0.2) is 0 Å². The first-order valence-electron chi connectivity index (χ1n) is 6.10. The third-order valence-corrected chi connectivity index (χ3v) is 3.16. The number of nitrogens with one attached hydrogen (secondary N) is 1. The summed E-state index contributed by atoms with van der Waals surface area (Å²) in [4.78, 5) is 0. The van der Waals surface area contributed by atoms with Gasteiger partial charge < -0.3 is 0 Å². The van der Waals surface area contributed by atoms with Gasteiger partial charge in [0.25, 0.3) is 0 Å². The van der Waals surface area contributed by atoms with Crippen molar-refractivity contribution in [2.75, 3.05) is 0 Å². The van der Waals surface area contributed by atoms with E-state index in [0.29, 0.717) is 10.6 Å². The van der Waals surface area contributed by atoms with E-state index in [2.05, 4.69) is 17.4 Å². The molecule has 0 aliphatic heterocycles. The van der Waals surface area contributed by atoms with E-state index in [1.165, 1.54) is 6.07 Å². The standard InChI is InChI=1S/C13H16ClFN4/c1-2-7-19-12(5-6-17-19)13(18-16)10-4-3-9(14)8-11(10)15/h3-6,8,13,18H,2,7,16H2,1H3. The van der Waals surface area contributed by atoms with Gasteiger partial charge in [-0.1, -0.05) is 24.6 Å². The van der Waals surface area contributed by atoms with Crippen molar-refractivity contribution >= 4 is 11.6 Å². The molecule has 2 rings (SSSR count). The molecule has 0 saturated heterocycles. The highest BCUT2D eigenvalue weighted by Crippen LogP contribution is 2.25. The Labute approximate surface area is 116 Å². The summed E-state index contributed by atoms with van der Waals surface area (Å²) in [5, 5.41) is 4.58. The highest BCUT2D eigenvalue weighted by Gasteiger charge is 2.20. The largest absolute Gasteiger partial charge is 0.271 e. The molecule has 1 aromatic carbocycles. The predicted octanol–water partition coefficient (Wildman–Crippen LogP) is 2.64. The Bertz CT molecular complexity index is 555. The van der Waals surface area contributed by atoms with Gasteiger partial charge >= 0.3 is 0 Å². The number of hydrogen-bond acceptors (Lipinski definition) is 3. The molecule has 0 bridgehead atoms. The van der Waals surface area contributed by atoms with E-state index in [0.717, 1.165) is 18.7 Å².